The molecule has 0 radical (unpaired) electrons. The summed E-state index contributed by atoms with van der Waals surface area (Å²) in [5.41, 5.74) is 1.36. The Hall–Kier alpha value is -0.950. The first-order valence-corrected chi connectivity index (χ1v) is 11.3. The van der Waals surface area contributed by atoms with Crippen molar-refractivity contribution in [1.82, 2.24) is 15.1 Å². The van der Waals surface area contributed by atoms with E-state index in [0.717, 1.165) is 62.7 Å². The molecule has 2 saturated heterocycles. The van der Waals surface area contributed by atoms with Crippen LogP contribution in [0.4, 0.5) is 0 Å². The number of nitrogens with zero attached hydrogens (tertiary/aromatic N) is 3. The van der Waals surface area contributed by atoms with Gasteiger partial charge in [0.1, 0.15) is 0 Å². The van der Waals surface area contributed by atoms with Crippen molar-refractivity contribution in [3.8, 4) is 0 Å². The van der Waals surface area contributed by atoms with E-state index in [1.165, 1.54) is 17.7 Å². The maximum absolute atomic E-state index is 6.14. The van der Waals surface area contributed by atoms with E-state index in [1.54, 1.807) is 0 Å². The number of hydrogen-bond donors (Lipinski definition) is 1. The summed E-state index contributed by atoms with van der Waals surface area (Å²) in [7, 11) is 2.09. The van der Waals surface area contributed by atoms with Gasteiger partial charge in [0, 0.05) is 44.0 Å². The van der Waals surface area contributed by atoms with E-state index < -0.39 is 0 Å². The number of rotatable bonds is 6. The molecule has 150 valence electrons. The summed E-state index contributed by atoms with van der Waals surface area (Å²) < 4.78 is 5.57. The number of nitrogens with one attached hydrogen (secondary N) is 1. The van der Waals surface area contributed by atoms with E-state index in [-0.39, 0.29) is 5.54 Å². The molecule has 1 N–H and O–H groups in total. The molecule has 2 aliphatic heterocycles. The molecular weight excluding hydrogens is 380 g/mol. The molecule has 0 aliphatic carbocycles. The molecule has 7 heteroatoms. The highest BCUT2D eigenvalue weighted by Gasteiger charge is 2.40. The van der Waals surface area contributed by atoms with Gasteiger partial charge in [-0.05, 0) is 36.8 Å². The Morgan fingerprint density at radius 2 is 2.22 bits per heavy atom. The molecule has 1 aromatic carbocycles. The Bertz CT molecular complexity index is 630. The lowest BCUT2D eigenvalue weighted by atomic mass is 9.96. The zero-order valence-electron chi connectivity index (χ0n) is 16.4. The third kappa shape index (κ3) is 5.53. The molecule has 2 fully saturated rings. The second-order valence-corrected chi connectivity index (χ2v) is 8.82. The van der Waals surface area contributed by atoms with E-state index in [2.05, 4.69) is 46.9 Å². The largest absolute Gasteiger partial charge is 0.379 e. The fourth-order valence-electron chi connectivity index (χ4n) is 3.78. The minimum Gasteiger partial charge on any atom is -0.379 e. The number of ether oxygens (including phenoxy) is 1. The molecule has 0 saturated carbocycles. The first-order valence-electron chi connectivity index (χ1n) is 9.77. The van der Waals surface area contributed by atoms with Gasteiger partial charge < -0.3 is 15.0 Å². The van der Waals surface area contributed by atoms with Crippen LogP contribution < -0.4 is 5.32 Å². The zero-order chi connectivity index (χ0) is 19.1. The number of benzene rings is 1. The molecular formula is C20H31ClN4OS. The molecule has 2 aliphatic rings. The Labute approximate surface area is 172 Å². The fraction of sp³-hybridized carbons (Fsp3) is 0.650. The van der Waals surface area contributed by atoms with Crippen LogP contribution >= 0.6 is 23.4 Å². The molecule has 0 aromatic heterocycles. The number of guanidine groups is 1. The quantitative estimate of drug-likeness (QED) is 0.576. The van der Waals surface area contributed by atoms with Crippen molar-refractivity contribution in [2.75, 3.05) is 57.9 Å². The van der Waals surface area contributed by atoms with Gasteiger partial charge in [-0.2, -0.15) is 11.8 Å². The molecule has 1 unspecified atom stereocenters. The smallest absolute Gasteiger partial charge is 0.194 e. The Balaban J connectivity index is 1.71. The summed E-state index contributed by atoms with van der Waals surface area (Å²) >= 11 is 8.19. The van der Waals surface area contributed by atoms with Crippen LogP contribution in [0.5, 0.6) is 0 Å². The molecule has 1 aromatic rings. The average molecular weight is 411 g/mol. The second-order valence-electron chi connectivity index (χ2n) is 7.28. The first kappa shape index (κ1) is 20.8. The lowest BCUT2D eigenvalue weighted by Crippen LogP contribution is -2.56. The van der Waals surface area contributed by atoms with Gasteiger partial charge in [0.05, 0.1) is 25.3 Å². The summed E-state index contributed by atoms with van der Waals surface area (Å²) in [6, 6.07) is 8.03. The van der Waals surface area contributed by atoms with Crippen molar-refractivity contribution in [2.45, 2.75) is 25.4 Å². The minimum atomic E-state index is 0.173. The first-order chi connectivity index (χ1) is 13.1. The topological polar surface area (TPSA) is 40.1 Å². The van der Waals surface area contributed by atoms with Crippen LogP contribution in [0.25, 0.3) is 0 Å². The van der Waals surface area contributed by atoms with Crippen LogP contribution in [0.1, 0.15) is 18.9 Å². The van der Waals surface area contributed by atoms with E-state index in [0.29, 0.717) is 0 Å². The van der Waals surface area contributed by atoms with Crippen molar-refractivity contribution in [3.05, 3.63) is 34.9 Å². The van der Waals surface area contributed by atoms with E-state index in [1.807, 2.05) is 18.2 Å². The van der Waals surface area contributed by atoms with Crippen molar-refractivity contribution < 1.29 is 4.74 Å². The molecule has 5 nitrogen and oxygen atoms in total. The maximum atomic E-state index is 6.14. The summed E-state index contributed by atoms with van der Waals surface area (Å²) in [5.74, 6) is 3.34. The third-order valence-corrected chi connectivity index (χ3v) is 6.76. The summed E-state index contributed by atoms with van der Waals surface area (Å²) in [6.45, 7) is 8.31. The Kier molecular flexibility index (Phi) is 7.70. The number of morpholine rings is 1. The van der Waals surface area contributed by atoms with Crippen LogP contribution in [-0.2, 0) is 11.3 Å². The van der Waals surface area contributed by atoms with Gasteiger partial charge in [-0.1, -0.05) is 23.7 Å². The van der Waals surface area contributed by atoms with Crippen molar-refractivity contribution >= 4 is 29.3 Å². The predicted molar refractivity (Wildman–Crippen MR) is 116 cm³/mol. The van der Waals surface area contributed by atoms with Crippen molar-refractivity contribution in [2.24, 2.45) is 4.99 Å². The highest BCUT2D eigenvalue weighted by molar-refractivity contribution is 7.99. The van der Waals surface area contributed by atoms with E-state index >= 15 is 0 Å². The SMILES string of the molecule is CCNC(=NCC1(N2CCOCC2)CCSC1)N(C)Cc1cccc(Cl)c1. The van der Waals surface area contributed by atoms with Crippen LogP contribution in [-0.4, -0.2) is 79.2 Å². The van der Waals surface area contributed by atoms with Crippen LogP contribution in [0, 0.1) is 0 Å². The van der Waals surface area contributed by atoms with Gasteiger partial charge >= 0.3 is 0 Å². The van der Waals surface area contributed by atoms with Crippen LogP contribution in [0.2, 0.25) is 5.02 Å². The average Bonchev–Trinajstić information content (AvgIpc) is 3.16. The number of hydrogen-bond acceptors (Lipinski definition) is 4. The highest BCUT2D eigenvalue weighted by Crippen LogP contribution is 2.34. The molecule has 27 heavy (non-hydrogen) atoms. The van der Waals surface area contributed by atoms with Gasteiger partial charge in [0.15, 0.2) is 5.96 Å². The maximum Gasteiger partial charge on any atom is 0.194 e. The second kappa shape index (κ2) is 10.0. The summed E-state index contributed by atoms with van der Waals surface area (Å²) in [4.78, 5) is 9.86. The van der Waals surface area contributed by atoms with Crippen molar-refractivity contribution in [1.29, 1.82) is 0 Å². The third-order valence-electron chi connectivity index (χ3n) is 5.29. The summed E-state index contributed by atoms with van der Waals surface area (Å²) in [5, 5.41) is 4.23. The standard InChI is InChI=1S/C20H31ClN4OS/c1-3-22-19(24(2)14-17-5-4-6-18(21)13-17)23-15-20(7-12-27-16-20)25-8-10-26-11-9-25/h4-6,13H,3,7-12,14-16H2,1-2H3,(H,22,23). The molecule has 0 amide bonds. The van der Waals surface area contributed by atoms with E-state index in [4.69, 9.17) is 21.3 Å². The zero-order valence-corrected chi connectivity index (χ0v) is 18.0. The van der Waals surface area contributed by atoms with E-state index in [9.17, 15) is 0 Å². The fourth-order valence-corrected chi connectivity index (χ4v) is 5.46. The van der Waals surface area contributed by atoms with Gasteiger partial charge in [0.25, 0.3) is 0 Å². The van der Waals surface area contributed by atoms with Crippen LogP contribution in [0.3, 0.4) is 0 Å². The van der Waals surface area contributed by atoms with Crippen molar-refractivity contribution in [3.63, 3.8) is 0 Å². The van der Waals surface area contributed by atoms with Gasteiger partial charge in [0.2, 0.25) is 0 Å². The van der Waals surface area contributed by atoms with Gasteiger partial charge in [-0.3, -0.25) is 9.89 Å². The normalized spacial score (nSPS) is 24.2. The minimum absolute atomic E-state index is 0.173. The number of thioether (sulfide) groups is 1. The lowest BCUT2D eigenvalue weighted by molar-refractivity contribution is -0.0105. The van der Waals surface area contributed by atoms with Gasteiger partial charge in [-0.25, -0.2) is 0 Å². The highest BCUT2D eigenvalue weighted by atomic mass is 35.5. The molecule has 2 heterocycles. The Morgan fingerprint density at radius 3 is 2.89 bits per heavy atom. The Morgan fingerprint density at radius 1 is 1.41 bits per heavy atom. The summed E-state index contributed by atoms with van der Waals surface area (Å²) in [6.07, 6.45) is 1.21. The molecule has 0 spiro atoms. The van der Waals surface area contributed by atoms with Gasteiger partial charge in [-0.15, -0.1) is 0 Å². The number of aliphatic imine (C=N–C) groups is 1. The molecule has 3 rings (SSSR count). The lowest BCUT2D eigenvalue weighted by Gasteiger charge is -2.42. The van der Waals surface area contributed by atoms with Crippen LogP contribution in [0.15, 0.2) is 29.3 Å². The monoisotopic (exact) mass is 410 g/mol. The predicted octanol–water partition coefficient (Wildman–Crippen LogP) is 2.95. The number of halogens is 1. The molecule has 1 atom stereocenters. The molecule has 0 bridgehead atoms.